The molecule has 2 amide bonds. The van der Waals surface area contributed by atoms with E-state index in [4.69, 9.17) is 14.2 Å². The van der Waals surface area contributed by atoms with Crippen molar-refractivity contribution in [2.24, 2.45) is 0 Å². The number of ether oxygens (including phenoxy) is 3. The fourth-order valence-corrected chi connectivity index (χ4v) is 3.79. The third kappa shape index (κ3) is 4.92. The first-order chi connectivity index (χ1) is 14.2. The standard InChI is InChI=1S/C22H27N3O4/c1-27-19-5-3-2-4-17(19)13-23-22(26)24-18-8-10-25(11-9-18)14-16-6-7-20-21(12-16)29-15-28-20/h2-7,12,18H,8-11,13-15H2,1H3,(H2,23,24,26). The molecule has 0 radical (unpaired) electrons. The minimum absolute atomic E-state index is 0.134. The molecule has 0 saturated carbocycles. The highest BCUT2D eigenvalue weighted by Gasteiger charge is 2.21. The maximum atomic E-state index is 12.3. The minimum Gasteiger partial charge on any atom is -0.496 e. The van der Waals surface area contributed by atoms with Crippen LogP contribution in [0, 0.1) is 0 Å². The van der Waals surface area contributed by atoms with Gasteiger partial charge in [-0.25, -0.2) is 4.79 Å². The number of hydrogen-bond acceptors (Lipinski definition) is 5. The van der Waals surface area contributed by atoms with Crippen LogP contribution in [-0.4, -0.2) is 44.0 Å². The van der Waals surface area contributed by atoms with Crippen LogP contribution >= 0.6 is 0 Å². The minimum atomic E-state index is -0.134. The quantitative estimate of drug-likeness (QED) is 0.784. The van der Waals surface area contributed by atoms with Gasteiger partial charge in [0.25, 0.3) is 0 Å². The number of urea groups is 1. The molecule has 0 spiro atoms. The van der Waals surface area contributed by atoms with Gasteiger partial charge < -0.3 is 24.8 Å². The summed E-state index contributed by atoms with van der Waals surface area (Å²) in [6, 6.07) is 13.9. The lowest BCUT2D eigenvalue weighted by atomic mass is 10.0. The van der Waals surface area contributed by atoms with Crippen LogP contribution < -0.4 is 24.8 Å². The molecular weight excluding hydrogens is 370 g/mol. The largest absolute Gasteiger partial charge is 0.496 e. The second-order valence-corrected chi connectivity index (χ2v) is 7.38. The van der Waals surface area contributed by atoms with Crippen LogP contribution in [0.15, 0.2) is 42.5 Å². The molecule has 2 aromatic rings. The second-order valence-electron chi connectivity index (χ2n) is 7.38. The number of nitrogens with zero attached hydrogens (tertiary/aromatic N) is 1. The van der Waals surface area contributed by atoms with E-state index in [-0.39, 0.29) is 12.1 Å². The number of methoxy groups -OCH3 is 1. The summed E-state index contributed by atoms with van der Waals surface area (Å²) in [6.07, 6.45) is 1.87. The van der Waals surface area contributed by atoms with Crippen LogP contribution in [0.2, 0.25) is 0 Å². The van der Waals surface area contributed by atoms with Crippen molar-refractivity contribution in [2.75, 3.05) is 27.0 Å². The Morgan fingerprint density at radius 1 is 1.14 bits per heavy atom. The van der Waals surface area contributed by atoms with Gasteiger partial charge in [-0.2, -0.15) is 0 Å². The van der Waals surface area contributed by atoms with Gasteiger partial charge in [0, 0.05) is 37.8 Å². The zero-order valence-corrected chi connectivity index (χ0v) is 16.6. The third-order valence-corrected chi connectivity index (χ3v) is 5.40. The second kappa shape index (κ2) is 9.05. The molecular formula is C22H27N3O4. The lowest BCUT2D eigenvalue weighted by molar-refractivity contribution is 0.173. The molecule has 0 atom stereocenters. The van der Waals surface area contributed by atoms with Gasteiger partial charge in [-0.1, -0.05) is 24.3 Å². The van der Waals surface area contributed by atoms with Crippen molar-refractivity contribution in [3.05, 3.63) is 53.6 Å². The van der Waals surface area contributed by atoms with Crippen LogP contribution in [0.5, 0.6) is 17.2 Å². The molecule has 2 aromatic carbocycles. The number of likely N-dealkylation sites (tertiary alicyclic amines) is 1. The molecule has 154 valence electrons. The van der Waals surface area contributed by atoms with Gasteiger partial charge in [0.15, 0.2) is 11.5 Å². The smallest absolute Gasteiger partial charge is 0.315 e. The van der Waals surface area contributed by atoms with Gasteiger partial charge in [-0.3, -0.25) is 4.90 Å². The van der Waals surface area contributed by atoms with Crippen molar-refractivity contribution in [3.8, 4) is 17.2 Å². The first-order valence-corrected chi connectivity index (χ1v) is 9.98. The molecule has 7 nitrogen and oxygen atoms in total. The summed E-state index contributed by atoms with van der Waals surface area (Å²) < 4.78 is 16.1. The lowest BCUT2D eigenvalue weighted by Crippen LogP contribution is -2.47. The van der Waals surface area contributed by atoms with Crippen molar-refractivity contribution < 1.29 is 19.0 Å². The number of amides is 2. The summed E-state index contributed by atoms with van der Waals surface area (Å²) in [5, 5.41) is 6.02. The van der Waals surface area contributed by atoms with Crippen molar-refractivity contribution >= 4 is 6.03 Å². The Bertz CT molecular complexity index is 850. The molecule has 2 heterocycles. The molecule has 2 N–H and O–H groups in total. The van der Waals surface area contributed by atoms with Crippen molar-refractivity contribution in [1.82, 2.24) is 15.5 Å². The number of hydrogen-bond donors (Lipinski definition) is 2. The number of piperidine rings is 1. The van der Waals surface area contributed by atoms with Gasteiger partial charge in [-0.05, 0) is 36.6 Å². The average molecular weight is 397 g/mol. The fraction of sp³-hybridized carbons (Fsp3) is 0.409. The molecule has 0 unspecified atom stereocenters. The van der Waals surface area contributed by atoms with Gasteiger partial charge in [0.2, 0.25) is 6.79 Å². The predicted octanol–water partition coefficient (Wildman–Crippen LogP) is 2.89. The Hall–Kier alpha value is -2.93. The van der Waals surface area contributed by atoms with Crippen molar-refractivity contribution in [3.63, 3.8) is 0 Å². The molecule has 4 rings (SSSR count). The number of rotatable bonds is 6. The SMILES string of the molecule is COc1ccccc1CNC(=O)NC1CCN(Cc2ccc3c(c2)OCO3)CC1. The number of carbonyl (C=O) groups excluding carboxylic acids is 1. The molecule has 1 saturated heterocycles. The Morgan fingerprint density at radius 3 is 2.76 bits per heavy atom. The zero-order chi connectivity index (χ0) is 20.1. The van der Waals surface area contributed by atoms with Crippen LogP contribution in [0.4, 0.5) is 4.79 Å². The zero-order valence-electron chi connectivity index (χ0n) is 16.6. The van der Waals surface area contributed by atoms with Gasteiger partial charge >= 0.3 is 6.03 Å². The predicted molar refractivity (Wildman–Crippen MR) is 109 cm³/mol. The summed E-state index contributed by atoms with van der Waals surface area (Å²) in [7, 11) is 1.64. The van der Waals surface area contributed by atoms with Gasteiger partial charge in [0.05, 0.1) is 7.11 Å². The summed E-state index contributed by atoms with van der Waals surface area (Å²) in [5.41, 5.74) is 2.18. The highest BCUT2D eigenvalue weighted by molar-refractivity contribution is 5.74. The monoisotopic (exact) mass is 397 g/mol. The Labute approximate surface area is 170 Å². The molecule has 7 heteroatoms. The first-order valence-electron chi connectivity index (χ1n) is 9.98. The highest BCUT2D eigenvalue weighted by Crippen LogP contribution is 2.33. The van der Waals surface area contributed by atoms with Crippen LogP contribution in [0.3, 0.4) is 0 Å². The summed E-state index contributed by atoms with van der Waals surface area (Å²) >= 11 is 0. The van der Waals surface area contributed by atoms with Crippen LogP contribution in [-0.2, 0) is 13.1 Å². The van der Waals surface area contributed by atoms with E-state index in [2.05, 4.69) is 27.7 Å². The van der Waals surface area contributed by atoms with E-state index in [0.29, 0.717) is 13.3 Å². The van der Waals surface area contributed by atoms with E-state index in [1.165, 1.54) is 5.56 Å². The first kappa shape index (κ1) is 19.4. The normalized spacial score (nSPS) is 16.4. The molecule has 2 aliphatic rings. The molecule has 0 aliphatic carbocycles. The lowest BCUT2D eigenvalue weighted by Gasteiger charge is -2.32. The van der Waals surface area contributed by atoms with E-state index in [1.807, 2.05) is 30.3 Å². The molecule has 0 bridgehead atoms. The number of fused-ring (bicyclic) bond motifs is 1. The number of nitrogens with one attached hydrogen (secondary N) is 2. The maximum Gasteiger partial charge on any atom is 0.315 e. The number of benzene rings is 2. The summed E-state index contributed by atoms with van der Waals surface area (Å²) in [5.74, 6) is 2.42. The van der Waals surface area contributed by atoms with Crippen molar-refractivity contribution in [1.29, 1.82) is 0 Å². The number of para-hydroxylation sites is 1. The Kier molecular flexibility index (Phi) is 6.05. The Morgan fingerprint density at radius 2 is 1.93 bits per heavy atom. The molecule has 0 aromatic heterocycles. The number of carbonyl (C=O) groups is 1. The third-order valence-electron chi connectivity index (χ3n) is 5.40. The van der Waals surface area contributed by atoms with E-state index in [1.54, 1.807) is 7.11 Å². The van der Waals surface area contributed by atoms with Gasteiger partial charge in [-0.15, -0.1) is 0 Å². The van der Waals surface area contributed by atoms with Gasteiger partial charge in [0.1, 0.15) is 5.75 Å². The van der Waals surface area contributed by atoms with Crippen LogP contribution in [0.1, 0.15) is 24.0 Å². The average Bonchev–Trinajstić information content (AvgIpc) is 3.22. The molecule has 1 fully saturated rings. The summed E-state index contributed by atoms with van der Waals surface area (Å²) in [6.45, 7) is 3.52. The van der Waals surface area contributed by atoms with E-state index < -0.39 is 0 Å². The molecule has 29 heavy (non-hydrogen) atoms. The van der Waals surface area contributed by atoms with Crippen molar-refractivity contribution in [2.45, 2.75) is 32.0 Å². The topological polar surface area (TPSA) is 72.1 Å². The van der Waals surface area contributed by atoms with E-state index in [9.17, 15) is 4.79 Å². The summed E-state index contributed by atoms with van der Waals surface area (Å²) in [4.78, 5) is 14.7. The molecule has 2 aliphatic heterocycles. The fourth-order valence-electron chi connectivity index (χ4n) is 3.79. The Balaban J connectivity index is 1.20. The van der Waals surface area contributed by atoms with E-state index >= 15 is 0 Å². The van der Waals surface area contributed by atoms with Crippen LogP contribution in [0.25, 0.3) is 0 Å². The van der Waals surface area contributed by atoms with E-state index in [0.717, 1.165) is 55.3 Å². The maximum absolute atomic E-state index is 12.3. The highest BCUT2D eigenvalue weighted by atomic mass is 16.7.